The predicted molar refractivity (Wildman–Crippen MR) is 129 cm³/mol. The molecule has 2 aromatic carbocycles. The van der Waals surface area contributed by atoms with Crippen molar-refractivity contribution in [3.8, 4) is 17.7 Å². The van der Waals surface area contributed by atoms with Crippen molar-refractivity contribution in [1.82, 2.24) is 19.1 Å². The van der Waals surface area contributed by atoms with Crippen LogP contribution in [0.5, 0.6) is 11.6 Å². The van der Waals surface area contributed by atoms with Gasteiger partial charge in [-0.25, -0.2) is 19.1 Å². The molecule has 0 unspecified atom stereocenters. The number of halogens is 1. The average Bonchev–Trinajstić information content (AvgIpc) is 2.87. The topological polar surface area (TPSA) is 135 Å². The van der Waals surface area contributed by atoms with Gasteiger partial charge in [-0.2, -0.15) is 10.2 Å². The maximum atomic E-state index is 13.0. The highest BCUT2D eigenvalue weighted by atomic mass is 35.5. The van der Waals surface area contributed by atoms with Gasteiger partial charge in [-0.1, -0.05) is 23.7 Å². The summed E-state index contributed by atoms with van der Waals surface area (Å²) in [4.78, 5) is 33.5. The van der Waals surface area contributed by atoms with E-state index < -0.39 is 11.4 Å². The summed E-state index contributed by atoms with van der Waals surface area (Å²) in [5, 5.41) is 21.7. The molecule has 2 N–H and O–H groups in total. The third kappa shape index (κ3) is 5.73. The van der Waals surface area contributed by atoms with Crippen molar-refractivity contribution in [2.24, 2.45) is 0 Å². The number of hydrogen-bond donors (Lipinski definition) is 2. The first-order valence-electron chi connectivity index (χ1n) is 10.4. The van der Waals surface area contributed by atoms with Crippen LogP contribution in [-0.2, 0) is 13.1 Å². The first-order valence-corrected chi connectivity index (χ1v) is 10.8. The molecule has 0 atom stereocenters. The largest absolute Gasteiger partial charge is 0.439 e. The second-order valence-electron chi connectivity index (χ2n) is 7.34. The molecule has 0 aliphatic carbocycles. The molecule has 2 heterocycles. The molecule has 35 heavy (non-hydrogen) atoms. The van der Waals surface area contributed by atoms with Crippen LogP contribution in [0.2, 0.25) is 5.02 Å². The van der Waals surface area contributed by atoms with E-state index in [0.29, 0.717) is 27.9 Å². The maximum Gasteiger partial charge on any atom is 0.355 e. The van der Waals surface area contributed by atoms with Crippen LogP contribution in [0.15, 0.2) is 76.4 Å². The lowest BCUT2D eigenvalue weighted by molar-refractivity contribution is 0.268. The lowest BCUT2D eigenvalue weighted by atomic mass is 10.2. The van der Waals surface area contributed by atoms with Crippen LogP contribution in [0.3, 0.4) is 0 Å². The number of aromatic nitrogens is 4. The smallest absolute Gasteiger partial charge is 0.355 e. The molecular formula is C24H19ClN6O4. The first kappa shape index (κ1) is 23.7. The highest BCUT2D eigenvalue weighted by Crippen LogP contribution is 2.23. The lowest BCUT2D eigenvalue weighted by Gasteiger charge is -2.15. The molecule has 0 aliphatic rings. The van der Waals surface area contributed by atoms with Crippen molar-refractivity contribution < 1.29 is 9.84 Å². The number of aliphatic hydroxyl groups is 1. The molecule has 0 fully saturated rings. The quantitative estimate of drug-likeness (QED) is 0.385. The fourth-order valence-corrected chi connectivity index (χ4v) is 3.32. The summed E-state index contributed by atoms with van der Waals surface area (Å²) in [6.45, 7) is -0.413. The molecule has 0 bridgehead atoms. The van der Waals surface area contributed by atoms with E-state index in [0.717, 1.165) is 10.1 Å². The minimum absolute atomic E-state index is 0.0477. The summed E-state index contributed by atoms with van der Waals surface area (Å²) < 4.78 is 7.86. The molecule has 2 aromatic heterocycles. The summed E-state index contributed by atoms with van der Waals surface area (Å²) in [7, 11) is 0. The molecule has 11 heteroatoms. The van der Waals surface area contributed by atoms with E-state index in [1.165, 1.54) is 10.8 Å². The fraction of sp³-hybridized carbons (Fsp3) is 0.125. The number of pyridine rings is 1. The van der Waals surface area contributed by atoms with E-state index in [-0.39, 0.29) is 25.6 Å². The van der Waals surface area contributed by atoms with Gasteiger partial charge in [0.2, 0.25) is 11.8 Å². The van der Waals surface area contributed by atoms with E-state index in [9.17, 15) is 14.7 Å². The highest BCUT2D eigenvalue weighted by Gasteiger charge is 2.14. The third-order valence-electron chi connectivity index (χ3n) is 4.93. The average molecular weight is 491 g/mol. The standard InChI is InChI=1S/C24H19ClN6O4/c25-18-4-1-16(2-5-18)15-31-22(29-23(33)30(11-12-32)24(31)34)28-19-6-8-20(9-7-19)35-21-10-3-17(13-26)14-27-21/h1-10,14,32H,11-12,15H2,(H,28,29,33). The van der Waals surface area contributed by atoms with Gasteiger partial charge in [0, 0.05) is 23.0 Å². The van der Waals surface area contributed by atoms with Crippen LogP contribution in [0.4, 0.5) is 11.6 Å². The number of anilines is 2. The molecule has 10 nitrogen and oxygen atoms in total. The zero-order valence-electron chi connectivity index (χ0n) is 18.3. The molecule has 0 spiro atoms. The Bertz CT molecular complexity index is 1470. The zero-order valence-corrected chi connectivity index (χ0v) is 19.0. The van der Waals surface area contributed by atoms with Crippen molar-refractivity contribution in [1.29, 1.82) is 5.26 Å². The van der Waals surface area contributed by atoms with Crippen LogP contribution in [0, 0.1) is 11.3 Å². The minimum atomic E-state index is -0.772. The van der Waals surface area contributed by atoms with Gasteiger partial charge in [0.15, 0.2) is 0 Å². The summed E-state index contributed by atoms with van der Waals surface area (Å²) in [5.74, 6) is 0.875. The number of ether oxygens (including phenoxy) is 1. The molecule has 0 amide bonds. The number of aliphatic hydroxyl groups excluding tert-OH is 1. The van der Waals surface area contributed by atoms with Gasteiger partial charge in [-0.05, 0) is 48.0 Å². The van der Waals surface area contributed by atoms with Crippen LogP contribution in [0.1, 0.15) is 11.1 Å². The van der Waals surface area contributed by atoms with Gasteiger partial charge in [-0.3, -0.25) is 4.57 Å². The van der Waals surface area contributed by atoms with Gasteiger partial charge in [-0.15, -0.1) is 0 Å². The van der Waals surface area contributed by atoms with E-state index in [1.54, 1.807) is 60.7 Å². The Balaban J connectivity index is 1.60. The minimum Gasteiger partial charge on any atom is -0.439 e. The van der Waals surface area contributed by atoms with E-state index in [4.69, 9.17) is 21.6 Å². The van der Waals surface area contributed by atoms with Crippen LogP contribution in [-0.4, -0.2) is 30.8 Å². The van der Waals surface area contributed by atoms with E-state index in [2.05, 4.69) is 15.3 Å². The molecule has 4 rings (SSSR count). The van der Waals surface area contributed by atoms with E-state index in [1.807, 2.05) is 6.07 Å². The fourth-order valence-electron chi connectivity index (χ4n) is 3.19. The molecular weight excluding hydrogens is 472 g/mol. The molecule has 176 valence electrons. The monoisotopic (exact) mass is 490 g/mol. The van der Waals surface area contributed by atoms with Gasteiger partial charge in [0.1, 0.15) is 11.8 Å². The summed E-state index contributed by atoms with van der Waals surface area (Å²) in [6.07, 6.45) is 1.41. The van der Waals surface area contributed by atoms with Gasteiger partial charge >= 0.3 is 11.4 Å². The van der Waals surface area contributed by atoms with Crippen LogP contribution >= 0.6 is 11.6 Å². The Morgan fingerprint density at radius 3 is 2.40 bits per heavy atom. The van der Waals surface area contributed by atoms with Gasteiger partial charge in [0.25, 0.3) is 0 Å². The van der Waals surface area contributed by atoms with Crippen molar-refractivity contribution in [2.75, 3.05) is 11.9 Å². The molecule has 0 radical (unpaired) electrons. The van der Waals surface area contributed by atoms with Crippen LogP contribution < -0.4 is 21.4 Å². The Labute approximate surface area is 204 Å². The maximum absolute atomic E-state index is 13.0. The zero-order chi connectivity index (χ0) is 24.8. The SMILES string of the molecule is N#Cc1ccc(Oc2ccc(Nc3nc(=O)n(CCO)c(=O)n3Cc3ccc(Cl)cc3)cc2)nc1. The summed E-state index contributed by atoms with van der Waals surface area (Å²) in [5.41, 5.74) is 0.375. The Kier molecular flexibility index (Phi) is 7.21. The lowest BCUT2D eigenvalue weighted by Crippen LogP contribution is -2.43. The van der Waals surface area contributed by atoms with Crippen molar-refractivity contribution in [2.45, 2.75) is 13.1 Å². The number of nitriles is 1. The van der Waals surface area contributed by atoms with Crippen molar-refractivity contribution >= 4 is 23.2 Å². The van der Waals surface area contributed by atoms with Crippen molar-refractivity contribution in [3.63, 3.8) is 0 Å². The van der Waals surface area contributed by atoms with Gasteiger partial charge in [0.05, 0.1) is 25.3 Å². The molecule has 4 aromatic rings. The number of rotatable bonds is 8. The molecule has 0 aliphatic heterocycles. The third-order valence-corrected chi connectivity index (χ3v) is 5.18. The number of nitrogens with one attached hydrogen (secondary N) is 1. The number of benzene rings is 2. The summed E-state index contributed by atoms with van der Waals surface area (Å²) >= 11 is 5.96. The summed E-state index contributed by atoms with van der Waals surface area (Å²) in [6, 6.07) is 18.9. The van der Waals surface area contributed by atoms with E-state index >= 15 is 0 Å². The Hall–Kier alpha value is -4.46. The Morgan fingerprint density at radius 2 is 1.77 bits per heavy atom. The Morgan fingerprint density at radius 1 is 1.03 bits per heavy atom. The normalized spacial score (nSPS) is 10.5. The number of hydrogen-bond acceptors (Lipinski definition) is 8. The first-order chi connectivity index (χ1) is 17.0. The molecule has 0 saturated heterocycles. The highest BCUT2D eigenvalue weighted by molar-refractivity contribution is 6.30. The second kappa shape index (κ2) is 10.6. The van der Waals surface area contributed by atoms with Crippen molar-refractivity contribution in [3.05, 3.63) is 104 Å². The van der Waals surface area contributed by atoms with Gasteiger partial charge < -0.3 is 15.2 Å². The second-order valence-corrected chi connectivity index (χ2v) is 7.77. The van der Waals surface area contributed by atoms with Crippen LogP contribution in [0.25, 0.3) is 0 Å². The molecule has 0 saturated carbocycles. The predicted octanol–water partition coefficient (Wildman–Crippen LogP) is 2.90. The number of nitrogens with zero attached hydrogens (tertiary/aromatic N) is 5.